The van der Waals surface area contributed by atoms with Crippen LogP contribution in [0.4, 0.5) is 41.6 Å². The molecule has 1 aromatic heterocycles. The third-order valence-corrected chi connectivity index (χ3v) is 5.24. The smallest absolute Gasteiger partial charge is 0.455 e. The molecule has 14 heteroatoms. The number of non-ortho nitro benzene ring substituents is 2. The standard InChI is InChI=1S/C23H12F3N3O8/c24-23(25,26)21(31)19-20(30)17-10-9-16(11-18(17)37-22(19)32)27(12-1-5-14(6-2-12)28(33)34)13-3-7-15(8-4-13)29(35)36/h1-11,30H. The molecule has 0 saturated heterocycles. The number of rotatable bonds is 6. The summed E-state index contributed by atoms with van der Waals surface area (Å²) in [6.45, 7) is 0. The molecule has 0 aliphatic carbocycles. The highest BCUT2D eigenvalue weighted by Crippen LogP contribution is 2.39. The van der Waals surface area contributed by atoms with Gasteiger partial charge in [0.2, 0.25) is 0 Å². The van der Waals surface area contributed by atoms with Gasteiger partial charge in [-0.25, -0.2) is 4.79 Å². The van der Waals surface area contributed by atoms with Gasteiger partial charge < -0.3 is 14.4 Å². The Morgan fingerprint density at radius 2 is 1.30 bits per heavy atom. The lowest BCUT2D eigenvalue weighted by Crippen LogP contribution is -2.28. The number of anilines is 3. The Labute approximate surface area is 202 Å². The van der Waals surface area contributed by atoms with Crippen LogP contribution in [0.2, 0.25) is 0 Å². The molecule has 11 nitrogen and oxygen atoms in total. The van der Waals surface area contributed by atoms with Crippen molar-refractivity contribution in [2.75, 3.05) is 4.90 Å². The van der Waals surface area contributed by atoms with Gasteiger partial charge in [0.25, 0.3) is 17.2 Å². The van der Waals surface area contributed by atoms with Crippen LogP contribution in [0.25, 0.3) is 11.0 Å². The van der Waals surface area contributed by atoms with Gasteiger partial charge in [0.05, 0.1) is 15.2 Å². The van der Waals surface area contributed by atoms with Crippen LogP contribution in [-0.2, 0) is 0 Å². The molecule has 0 saturated carbocycles. The van der Waals surface area contributed by atoms with E-state index in [1.807, 2.05) is 0 Å². The van der Waals surface area contributed by atoms with Gasteiger partial charge in [-0.05, 0) is 36.4 Å². The molecule has 0 fully saturated rings. The number of hydrogen-bond donors (Lipinski definition) is 1. The second-order valence-electron chi connectivity index (χ2n) is 7.50. The molecule has 0 aliphatic heterocycles. The highest BCUT2D eigenvalue weighted by atomic mass is 19.4. The summed E-state index contributed by atoms with van der Waals surface area (Å²) in [4.78, 5) is 46.1. The van der Waals surface area contributed by atoms with Crippen LogP contribution in [0.3, 0.4) is 0 Å². The van der Waals surface area contributed by atoms with Crippen LogP contribution in [0, 0.1) is 20.2 Å². The van der Waals surface area contributed by atoms with Gasteiger partial charge >= 0.3 is 11.8 Å². The monoisotopic (exact) mass is 515 g/mol. The Kier molecular flexibility index (Phi) is 6.09. The average molecular weight is 515 g/mol. The van der Waals surface area contributed by atoms with E-state index in [1.54, 1.807) is 0 Å². The minimum Gasteiger partial charge on any atom is -0.506 e. The van der Waals surface area contributed by atoms with Crippen molar-refractivity contribution in [2.24, 2.45) is 0 Å². The molecule has 37 heavy (non-hydrogen) atoms. The van der Waals surface area contributed by atoms with E-state index >= 15 is 0 Å². The molecule has 3 aromatic carbocycles. The summed E-state index contributed by atoms with van der Waals surface area (Å²) in [6, 6.07) is 13.9. The molecule has 188 valence electrons. The quantitative estimate of drug-likeness (QED) is 0.151. The van der Waals surface area contributed by atoms with Crippen molar-refractivity contribution in [3.05, 3.63) is 103 Å². The number of halogens is 3. The summed E-state index contributed by atoms with van der Waals surface area (Å²) >= 11 is 0. The Morgan fingerprint density at radius 3 is 1.73 bits per heavy atom. The minimum absolute atomic E-state index is 0.202. The molecule has 1 N–H and O–H groups in total. The first kappa shape index (κ1) is 24.8. The van der Waals surface area contributed by atoms with Crippen molar-refractivity contribution in [1.82, 2.24) is 0 Å². The fraction of sp³-hybridized carbons (Fsp3) is 0.0435. The van der Waals surface area contributed by atoms with Gasteiger partial charge in [-0.2, -0.15) is 13.2 Å². The Hall–Kier alpha value is -5.27. The van der Waals surface area contributed by atoms with E-state index in [4.69, 9.17) is 4.42 Å². The molecule has 0 radical (unpaired) electrons. The van der Waals surface area contributed by atoms with Crippen LogP contribution in [-0.4, -0.2) is 26.9 Å². The number of nitrogens with zero attached hydrogens (tertiary/aromatic N) is 3. The third-order valence-electron chi connectivity index (χ3n) is 5.24. The predicted molar refractivity (Wildman–Crippen MR) is 123 cm³/mol. The summed E-state index contributed by atoms with van der Waals surface area (Å²) in [7, 11) is 0. The van der Waals surface area contributed by atoms with Crippen LogP contribution in [0.15, 0.2) is 75.9 Å². The molecule has 0 amide bonds. The Morgan fingerprint density at radius 1 is 0.838 bits per heavy atom. The van der Waals surface area contributed by atoms with Crippen molar-refractivity contribution < 1.29 is 37.3 Å². The van der Waals surface area contributed by atoms with Crippen molar-refractivity contribution >= 4 is 45.2 Å². The number of fused-ring (bicyclic) bond motifs is 1. The maximum atomic E-state index is 12.9. The fourth-order valence-corrected chi connectivity index (χ4v) is 3.55. The van der Waals surface area contributed by atoms with E-state index < -0.39 is 38.7 Å². The third kappa shape index (κ3) is 4.67. The molecular weight excluding hydrogens is 503 g/mol. The van der Waals surface area contributed by atoms with Gasteiger partial charge in [-0.1, -0.05) is 0 Å². The van der Waals surface area contributed by atoms with Crippen molar-refractivity contribution in [3.63, 3.8) is 0 Å². The average Bonchev–Trinajstić information content (AvgIpc) is 2.84. The molecule has 0 unspecified atom stereocenters. The first-order chi connectivity index (χ1) is 17.4. The molecule has 0 atom stereocenters. The lowest BCUT2D eigenvalue weighted by atomic mass is 10.1. The van der Waals surface area contributed by atoms with Crippen LogP contribution < -0.4 is 10.5 Å². The van der Waals surface area contributed by atoms with Crippen LogP contribution in [0.5, 0.6) is 5.75 Å². The number of nitro groups is 2. The van der Waals surface area contributed by atoms with Crippen molar-refractivity contribution in [1.29, 1.82) is 0 Å². The number of alkyl halides is 3. The van der Waals surface area contributed by atoms with E-state index in [-0.39, 0.29) is 28.0 Å². The molecule has 0 bridgehead atoms. The number of ketones is 1. The van der Waals surface area contributed by atoms with Crippen LogP contribution >= 0.6 is 0 Å². The maximum absolute atomic E-state index is 12.9. The number of hydrogen-bond acceptors (Lipinski definition) is 9. The minimum atomic E-state index is -5.43. The van der Waals surface area contributed by atoms with Crippen LogP contribution in [0.1, 0.15) is 10.4 Å². The fourth-order valence-electron chi connectivity index (χ4n) is 3.55. The van der Waals surface area contributed by atoms with Gasteiger partial charge in [-0.15, -0.1) is 0 Å². The largest absolute Gasteiger partial charge is 0.506 e. The van der Waals surface area contributed by atoms with Gasteiger partial charge in [0, 0.05) is 47.4 Å². The first-order valence-electron chi connectivity index (χ1n) is 10.1. The molecule has 1 heterocycles. The Bertz CT molecular complexity index is 1560. The summed E-state index contributed by atoms with van der Waals surface area (Å²) < 4.78 is 43.5. The molecule has 4 rings (SSSR count). The second kappa shape index (κ2) is 9.07. The predicted octanol–water partition coefficient (Wildman–Crippen LogP) is 5.53. The number of carbonyl (C=O) groups is 1. The van der Waals surface area contributed by atoms with E-state index in [0.717, 1.165) is 6.07 Å². The second-order valence-corrected chi connectivity index (χ2v) is 7.50. The highest BCUT2D eigenvalue weighted by molar-refractivity contribution is 6.06. The van der Waals surface area contributed by atoms with E-state index in [0.29, 0.717) is 11.4 Å². The number of Topliss-reactive ketones (excluding diaryl/α,β-unsaturated/α-hetero) is 1. The number of benzene rings is 3. The van der Waals surface area contributed by atoms with E-state index in [9.17, 15) is 48.1 Å². The topological polar surface area (TPSA) is 157 Å². The van der Waals surface area contributed by atoms with Gasteiger partial charge in [-0.3, -0.25) is 25.0 Å². The molecule has 0 aliphatic rings. The van der Waals surface area contributed by atoms with Crippen molar-refractivity contribution in [2.45, 2.75) is 6.18 Å². The van der Waals surface area contributed by atoms with Gasteiger partial charge in [0.1, 0.15) is 11.3 Å². The number of aromatic hydroxyl groups is 1. The summed E-state index contributed by atoms with van der Waals surface area (Å²) in [5.41, 5.74) is -3.21. The van der Waals surface area contributed by atoms with Gasteiger partial charge in [0.15, 0.2) is 5.56 Å². The molecular formula is C23H12F3N3O8. The molecule has 0 spiro atoms. The lowest BCUT2D eigenvalue weighted by Gasteiger charge is -2.25. The normalized spacial score (nSPS) is 11.3. The zero-order valence-corrected chi connectivity index (χ0v) is 18.1. The molecule has 4 aromatic rings. The number of nitro benzene ring substituents is 2. The Balaban J connectivity index is 1.90. The summed E-state index contributed by atoms with van der Waals surface area (Å²) in [6.07, 6.45) is -5.43. The van der Waals surface area contributed by atoms with Crippen molar-refractivity contribution in [3.8, 4) is 5.75 Å². The highest BCUT2D eigenvalue weighted by Gasteiger charge is 2.43. The first-order valence-corrected chi connectivity index (χ1v) is 10.1. The maximum Gasteiger partial charge on any atom is 0.455 e. The number of carbonyl (C=O) groups excluding carboxylic acids is 1. The lowest BCUT2D eigenvalue weighted by molar-refractivity contribution is -0.385. The zero-order valence-electron chi connectivity index (χ0n) is 18.1. The zero-order chi connectivity index (χ0) is 27.1. The summed E-state index contributed by atoms with van der Waals surface area (Å²) in [5, 5.41) is 32.0. The SMILES string of the molecule is O=C(c1c(O)c2ccc(N(c3ccc([N+](=O)[O-])cc3)c3ccc([N+](=O)[O-])cc3)cc2oc1=O)C(F)(F)F. The summed E-state index contributed by atoms with van der Waals surface area (Å²) in [5.74, 6) is -3.78. The van der Waals surface area contributed by atoms with E-state index in [2.05, 4.69) is 0 Å². The van der Waals surface area contributed by atoms with E-state index in [1.165, 1.54) is 65.6 Å².